The maximum absolute atomic E-state index is 12.8. The lowest BCUT2D eigenvalue weighted by Crippen LogP contribution is -2.50. The number of amides is 1. The van der Waals surface area contributed by atoms with Crippen LogP contribution in [0.1, 0.15) is 21.6 Å². The number of aryl methyl sites for hydroxylation is 1. The molecule has 2 aromatic heterocycles. The SMILES string of the molecule is Cc1cc2c(cn1)C(=O)N(CCN1CCN(c3noc4ccccc34)CC1)CC2. The van der Waals surface area contributed by atoms with Gasteiger partial charge in [-0.1, -0.05) is 17.3 Å². The summed E-state index contributed by atoms with van der Waals surface area (Å²) in [4.78, 5) is 23.8. The van der Waals surface area contributed by atoms with Gasteiger partial charge in [-0.05, 0) is 37.1 Å². The molecular weight excluding hydrogens is 366 g/mol. The Kier molecular flexibility index (Phi) is 4.67. The third kappa shape index (κ3) is 3.46. The Hall–Kier alpha value is -2.93. The van der Waals surface area contributed by atoms with Crippen molar-refractivity contribution in [1.29, 1.82) is 0 Å². The lowest BCUT2D eigenvalue weighted by molar-refractivity contribution is 0.0716. The van der Waals surface area contributed by atoms with Crippen LogP contribution in [0.25, 0.3) is 11.0 Å². The van der Waals surface area contributed by atoms with E-state index < -0.39 is 0 Å². The van der Waals surface area contributed by atoms with Gasteiger partial charge in [0.05, 0.1) is 10.9 Å². The summed E-state index contributed by atoms with van der Waals surface area (Å²) < 4.78 is 5.45. The van der Waals surface area contributed by atoms with Crippen LogP contribution in [0.3, 0.4) is 0 Å². The van der Waals surface area contributed by atoms with Crippen LogP contribution in [0.5, 0.6) is 0 Å². The Labute approximate surface area is 169 Å². The molecule has 3 aromatic rings. The Morgan fingerprint density at radius 3 is 2.76 bits per heavy atom. The highest BCUT2D eigenvalue weighted by atomic mass is 16.5. The van der Waals surface area contributed by atoms with E-state index in [1.165, 1.54) is 0 Å². The highest BCUT2D eigenvalue weighted by Crippen LogP contribution is 2.26. The van der Waals surface area contributed by atoms with Crippen molar-refractivity contribution >= 4 is 22.7 Å². The molecule has 0 aliphatic carbocycles. The molecule has 7 nitrogen and oxygen atoms in total. The zero-order valence-electron chi connectivity index (χ0n) is 16.7. The van der Waals surface area contributed by atoms with E-state index in [0.29, 0.717) is 0 Å². The number of carbonyl (C=O) groups is 1. The first-order valence-corrected chi connectivity index (χ1v) is 10.3. The monoisotopic (exact) mass is 391 g/mol. The highest BCUT2D eigenvalue weighted by molar-refractivity contribution is 5.96. The van der Waals surface area contributed by atoms with Gasteiger partial charge in [-0.3, -0.25) is 14.7 Å². The number of nitrogens with zero attached hydrogens (tertiary/aromatic N) is 5. The molecule has 2 aliphatic rings. The van der Waals surface area contributed by atoms with E-state index >= 15 is 0 Å². The number of fused-ring (bicyclic) bond motifs is 2. The molecule has 5 rings (SSSR count). The summed E-state index contributed by atoms with van der Waals surface area (Å²) in [5.74, 6) is 1.05. The molecule has 0 bridgehead atoms. The van der Waals surface area contributed by atoms with Gasteiger partial charge in [0, 0.05) is 57.7 Å². The fraction of sp³-hybridized carbons (Fsp3) is 0.409. The molecule has 0 spiro atoms. The topological polar surface area (TPSA) is 65.7 Å². The molecule has 2 aliphatic heterocycles. The van der Waals surface area contributed by atoms with E-state index in [1.54, 1.807) is 6.20 Å². The number of benzene rings is 1. The fourth-order valence-electron chi connectivity index (χ4n) is 4.30. The number of carbonyl (C=O) groups excluding carboxylic acids is 1. The van der Waals surface area contributed by atoms with E-state index in [0.717, 1.165) is 85.8 Å². The van der Waals surface area contributed by atoms with Crippen LogP contribution in [-0.2, 0) is 6.42 Å². The Morgan fingerprint density at radius 2 is 1.90 bits per heavy atom. The molecule has 1 saturated heterocycles. The van der Waals surface area contributed by atoms with Crippen LogP contribution in [0.4, 0.5) is 5.82 Å². The Morgan fingerprint density at radius 1 is 1.07 bits per heavy atom. The van der Waals surface area contributed by atoms with Gasteiger partial charge in [0.2, 0.25) is 0 Å². The molecule has 1 amide bonds. The van der Waals surface area contributed by atoms with Crippen molar-refractivity contribution in [2.45, 2.75) is 13.3 Å². The van der Waals surface area contributed by atoms with Gasteiger partial charge in [0.25, 0.3) is 5.91 Å². The zero-order chi connectivity index (χ0) is 19.8. The minimum atomic E-state index is 0.117. The van der Waals surface area contributed by atoms with Gasteiger partial charge in [0.15, 0.2) is 11.4 Å². The second kappa shape index (κ2) is 7.48. The standard InChI is InChI=1S/C22H25N5O2/c1-16-14-17-6-7-27(22(28)19(17)15-23-16)13-10-25-8-11-26(12-9-25)21-18-4-2-3-5-20(18)29-24-21/h2-5,14-15H,6-13H2,1H3. The van der Waals surface area contributed by atoms with Crippen molar-refractivity contribution in [3.63, 3.8) is 0 Å². The number of rotatable bonds is 4. The van der Waals surface area contributed by atoms with E-state index in [-0.39, 0.29) is 5.91 Å². The van der Waals surface area contributed by atoms with E-state index in [9.17, 15) is 4.79 Å². The van der Waals surface area contributed by atoms with Crippen LogP contribution in [-0.4, -0.2) is 71.7 Å². The second-order valence-corrected chi connectivity index (χ2v) is 7.86. The maximum atomic E-state index is 12.8. The average Bonchev–Trinajstić information content (AvgIpc) is 3.18. The molecule has 0 atom stereocenters. The predicted molar refractivity (Wildman–Crippen MR) is 111 cm³/mol. The molecular formula is C22H25N5O2. The number of hydrogen-bond acceptors (Lipinski definition) is 6. The molecule has 0 saturated carbocycles. The van der Waals surface area contributed by atoms with Crippen molar-refractivity contribution < 1.29 is 9.32 Å². The third-order valence-electron chi connectivity index (χ3n) is 6.01. The molecule has 0 radical (unpaired) electrons. The summed E-state index contributed by atoms with van der Waals surface area (Å²) in [6, 6.07) is 10.0. The average molecular weight is 391 g/mol. The van der Waals surface area contributed by atoms with Gasteiger partial charge < -0.3 is 14.3 Å². The van der Waals surface area contributed by atoms with Crippen LogP contribution >= 0.6 is 0 Å². The Bertz CT molecular complexity index is 1040. The first-order chi connectivity index (χ1) is 14.2. The Balaban J connectivity index is 1.17. The summed E-state index contributed by atoms with van der Waals surface area (Å²) in [5.41, 5.74) is 3.71. The lowest BCUT2D eigenvalue weighted by atomic mass is 10.0. The number of aromatic nitrogens is 2. The van der Waals surface area contributed by atoms with Crippen molar-refractivity contribution in [3.05, 3.63) is 53.3 Å². The normalized spacial score (nSPS) is 17.8. The van der Waals surface area contributed by atoms with Crippen LogP contribution in [0, 0.1) is 6.92 Å². The number of piperazine rings is 1. The van der Waals surface area contributed by atoms with Gasteiger partial charge in [-0.15, -0.1) is 0 Å². The minimum absolute atomic E-state index is 0.117. The second-order valence-electron chi connectivity index (χ2n) is 7.86. The van der Waals surface area contributed by atoms with E-state index in [2.05, 4.69) is 26.0 Å². The smallest absolute Gasteiger partial charge is 0.255 e. The molecule has 4 heterocycles. The van der Waals surface area contributed by atoms with Crippen molar-refractivity contribution in [3.8, 4) is 0 Å². The maximum Gasteiger partial charge on any atom is 0.255 e. The summed E-state index contributed by atoms with van der Waals surface area (Å²) in [7, 11) is 0. The van der Waals surface area contributed by atoms with Crippen molar-refractivity contribution in [2.75, 3.05) is 50.7 Å². The van der Waals surface area contributed by atoms with E-state index in [4.69, 9.17) is 4.52 Å². The first-order valence-electron chi connectivity index (χ1n) is 10.3. The van der Waals surface area contributed by atoms with Crippen LogP contribution in [0.15, 0.2) is 41.1 Å². The zero-order valence-corrected chi connectivity index (χ0v) is 16.7. The molecule has 0 unspecified atom stereocenters. The van der Waals surface area contributed by atoms with Crippen molar-refractivity contribution in [2.24, 2.45) is 0 Å². The quantitative estimate of drug-likeness (QED) is 0.680. The number of pyridine rings is 1. The summed E-state index contributed by atoms with van der Waals surface area (Å²) in [6.07, 6.45) is 2.65. The summed E-state index contributed by atoms with van der Waals surface area (Å²) in [6.45, 7) is 8.17. The lowest BCUT2D eigenvalue weighted by Gasteiger charge is -2.36. The van der Waals surface area contributed by atoms with Crippen molar-refractivity contribution in [1.82, 2.24) is 19.9 Å². The van der Waals surface area contributed by atoms with Gasteiger partial charge >= 0.3 is 0 Å². The molecule has 1 aromatic carbocycles. The van der Waals surface area contributed by atoms with Gasteiger partial charge in [0.1, 0.15) is 0 Å². The van der Waals surface area contributed by atoms with Gasteiger partial charge in [-0.2, -0.15) is 0 Å². The molecule has 1 fully saturated rings. The number of anilines is 1. The molecule has 7 heteroatoms. The molecule has 150 valence electrons. The third-order valence-corrected chi connectivity index (χ3v) is 6.01. The highest BCUT2D eigenvalue weighted by Gasteiger charge is 2.26. The van der Waals surface area contributed by atoms with Gasteiger partial charge in [-0.25, -0.2) is 0 Å². The molecule has 0 N–H and O–H groups in total. The summed E-state index contributed by atoms with van der Waals surface area (Å²) in [5, 5.41) is 5.35. The number of para-hydroxylation sites is 1. The van der Waals surface area contributed by atoms with Crippen LogP contribution in [0.2, 0.25) is 0 Å². The van der Waals surface area contributed by atoms with Crippen LogP contribution < -0.4 is 4.90 Å². The summed E-state index contributed by atoms with van der Waals surface area (Å²) >= 11 is 0. The predicted octanol–water partition coefficient (Wildman–Crippen LogP) is 2.35. The first kappa shape index (κ1) is 18.1. The fourth-order valence-corrected chi connectivity index (χ4v) is 4.30. The largest absolute Gasteiger partial charge is 0.354 e. The number of hydrogen-bond donors (Lipinski definition) is 0. The van der Waals surface area contributed by atoms with E-state index in [1.807, 2.05) is 36.1 Å². The molecule has 29 heavy (non-hydrogen) atoms. The minimum Gasteiger partial charge on any atom is -0.354 e.